The largest absolute Gasteiger partial charge is 0.477 e. The summed E-state index contributed by atoms with van der Waals surface area (Å²) in [4.78, 5) is 13.5. The first-order chi connectivity index (χ1) is 9.72. The van der Waals surface area contributed by atoms with Crippen LogP contribution >= 0.6 is 11.5 Å². The summed E-state index contributed by atoms with van der Waals surface area (Å²) in [6, 6.07) is 1.19. The molecule has 1 aromatic carbocycles. The lowest BCUT2D eigenvalue weighted by Crippen LogP contribution is -2.17. The molecular formula is C10H7F2N3O4S2. The maximum atomic E-state index is 13.9. The van der Waals surface area contributed by atoms with Gasteiger partial charge in [0, 0.05) is 11.5 Å². The lowest BCUT2D eigenvalue weighted by atomic mass is 10.2. The van der Waals surface area contributed by atoms with Crippen LogP contribution < -0.4 is 4.72 Å². The number of carbonyl (C=O) groups is 1. The molecule has 0 unspecified atom stereocenters. The van der Waals surface area contributed by atoms with Gasteiger partial charge in [-0.1, -0.05) is 0 Å². The summed E-state index contributed by atoms with van der Waals surface area (Å²) >= 11 is 0.726. The van der Waals surface area contributed by atoms with Crippen LogP contribution in [0.2, 0.25) is 0 Å². The third-order valence-corrected chi connectivity index (χ3v) is 4.52. The SMILES string of the molecule is Cc1nsc(NS(=O)(=O)c2ccc(F)c(C(=O)O)c2F)n1. The Balaban J connectivity index is 2.50. The second kappa shape index (κ2) is 5.33. The van der Waals surface area contributed by atoms with Crippen LogP contribution in [0.3, 0.4) is 0 Å². The fraction of sp³-hybridized carbons (Fsp3) is 0.100. The Morgan fingerprint density at radius 2 is 2.05 bits per heavy atom. The van der Waals surface area contributed by atoms with Crippen molar-refractivity contribution in [2.24, 2.45) is 0 Å². The molecule has 2 rings (SSSR count). The van der Waals surface area contributed by atoms with Gasteiger partial charge in [-0.15, -0.1) is 0 Å². The average Bonchev–Trinajstić information content (AvgIpc) is 2.72. The first-order valence-electron chi connectivity index (χ1n) is 5.27. The molecule has 7 nitrogen and oxygen atoms in total. The van der Waals surface area contributed by atoms with Crippen molar-refractivity contribution in [3.63, 3.8) is 0 Å². The van der Waals surface area contributed by atoms with Crippen LogP contribution in [0.5, 0.6) is 0 Å². The Kier molecular flexibility index (Phi) is 3.87. The van der Waals surface area contributed by atoms with E-state index >= 15 is 0 Å². The molecule has 0 aliphatic heterocycles. The van der Waals surface area contributed by atoms with Gasteiger partial charge in [0.05, 0.1) is 0 Å². The Labute approximate surface area is 121 Å². The van der Waals surface area contributed by atoms with Crippen molar-refractivity contribution in [2.45, 2.75) is 11.8 Å². The number of aromatic nitrogens is 2. The molecule has 0 bridgehead atoms. The second-order valence-electron chi connectivity index (χ2n) is 3.79. The second-order valence-corrected chi connectivity index (χ2v) is 6.19. The van der Waals surface area contributed by atoms with Crippen molar-refractivity contribution in [1.82, 2.24) is 9.36 Å². The summed E-state index contributed by atoms with van der Waals surface area (Å²) in [5.74, 6) is -4.65. The van der Waals surface area contributed by atoms with E-state index in [1.807, 2.05) is 4.72 Å². The molecule has 21 heavy (non-hydrogen) atoms. The highest BCUT2D eigenvalue weighted by Crippen LogP contribution is 2.24. The lowest BCUT2D eigenvalue weighted by molar-refractivity contribution is 0.0685. The normalized spacial score (nSPS) is 11.4. The van der Waals surface area contributed by atoms with Crippen LogP contribution in [0.1, 0.15) is 16.2 Å². The molecule has 1 aromatic heterocycles. The Hall–Kier alpha value is -2.14. The number of sulfonamides is 1. The van der Waals surface area contributed by atoms with Crippen LogP contribution in [0.15, 0.2) is 17.0 Å². The van der Waals surface area contributed by atoms with Gasteiger partial charge in [-0.05, 0) is 19.1 Å². The molecule has 0 fully saturated rings. The van der Waals surface area contributed by atoms with E-state index in [9.17, 15) is 22.0 Å². The van der Waals surface area contributed by atoms with E-state index < -0.39 is 38.1 Å². The summed E-state index contributed by atoms with van der Waals surface area (Å²) in [6.07, 6.45) is 0. The van der Waals surface area contributed by atoms with Crippen molar-refractivity contribution in [2.75, 3.05) is 4.72 Å². The van der Waals surface area contributed by atoms with E-state index in [1.54, 1.807) is 0 Å². The van der Waals surface area contributed by atoms with Crippen LogP contribution in [0.4, 0.5) is 13.9 Å². The van der Waals surface area contributed by atoms with Crippen molar-refractivity contribution in [3.8, 4) is 0 Å². The summed E-state index contributed by atoms with van der Waals surface area (Å²) in [7, 11) is -4.45. The topological polar surface area (TPSA) is 109 Å². The number of halogens is 2. The number of nitrogens with one attached hydrogen (secondary N) is 1. The Bertz CT molecular complexity index is 820. The maximum Gasteiger partial charge on any atom is 0.341 e. The highest BCUT2D eigenvalue weighted by atomic mass is 32.2. The van der Waals surface area contributed by atoms with E-state index in [2.05, 4.69) is 9.36 Å². The van der Waals surface area contributed by atoms with Gasteiger partial charge in [0.25, 0.3) is 10.0 Å². The molecular weight excluding hydrogens is 328 g/mol. The smallest absolute Gasteiger partial charge is 0.341 e. The van der Waals surface area contributed by atoms with Crippen molar-refractivity contribution >= 4 is 32.7 Å². The average molecular weight is 335 g/mol. The number of hydrogen-bond acceptors (Lipinski definition) is 6. The third kappa shape index (κ3) is 2.97. The van der Waals surface area contributed by atoms with E-state index in [4.69, 9.17) is 5.11 Å². The fourth-order valence-electron chi connectivity index (χ4n) is 1.45. The molecule has 0 radical (unpaired) electrons. The number of aromatic carboxylic acids is 1. The third-order valence-electron chi connectivity index (χ3n) is 2.31. The minimum Gasteiger partial charge on any atom is -0.477 e. The number of rotatable bonds is 4. The van der Waals surface area contributed by atoms with Gasteiger partial charge in [-0.2, -0.15) is 4.37 Å². The molecule has 0 saturated heterocycles. The van der Waals surface area contributed by atoms with Crippen LogP contribution in [-0.2, 0) is 10.0 Å². The van der Waals surface area contributed by atoms with Crippen molar-refractivity contribution < 1.29 is 27.1 Å². The molecule has 1 heterocycles. The molecule has 0 spiro atoms. The van der Waals surface area contributed by atoms with Crippen molar-refractivity contribution in [1.29, 1.82) is 0 Å². The van der Waals surface area contributed by atoms with E-state index in [-0.39, 0.29) is 5.13 Å². The minimum absolute atomic E-state index is 0.117. The minimum atomic E-state index is -4.45. The van der Waals surface area contributed by atoms with Gasteiger partial charge < -0.3 is 5.11 Å². The predicted molar refractivity (Wildman–Crippen MR) is 68.8 cm³/mol. The molecule has 2 aromatic rings. The van der Waals surface area contributed by atoms with E-state index in [1.165, 1.54) is 6.92 Å². The monoisotopic (exact) mass is 335 g/mol. The lowest BCUT2D eigenvalue weighted by Gasteiger charge is -2.08. The first kappa shape index (κ1) is 15.3. The van der Waals surface area contributed by atoms with Gasteiger partial charge in [0.15, 0.2) is 5.82 Å². The van der Waals surface area contributed by atoms with Crippen LogP contribution in [-0.4, -0.2) is 28.9 Å². The zero-order valence-electron chi connectivity index (χ0n) is 10.3. The van der Waals surface area contributed by atoms with Crippen molar-refractivity contribution in [3.05, 3.63) is 35.2 Å². The highest BCUT2D eigenvalue weighted by Gasteiger charge is 2.27. The quantitative estimate of drug-likeness (QED) is 0.879. The number of hydrogen-bond donors (Lipinski definition) is 2. The first-order valence-corrected chi connectivity index (χ1v) is 7.52. The number of anilines is 1. The number of carboxylic acids is 1. The van der Waals surface area contributed by atoms with E-state index in [0.717, 1.165) is 11.5 Å². The molecule has 11 heteroatoms. The Morgan fingerprint density at radius 1 is 1.38 bits per heavy atom. The fourth-order valence-corrected chi connectivity index (χ4v) is 3.33. The molecule has 112 valence electrons. The standard InChI is InChI=1S/C10H7F2N3O4S2/c1-4-13-10(20-14-4)15-21(18,19)6-3-2-5(11)7(8(6)12)9(16)17/h2-3H,1H3,(H,16,17)(H,13,14,15). The molecule has 0 aliphatic carbocycles. The van der Waals surface area contributed by atoms with Gasteiger partial charge >= 0.3 is 5.97 Å². The van der Waals surface area contributed by atoms with Crippen LogP contribution in [0.25, 0.3) is 0 Å². The summed E-state index contributed by atoms with van der Waals surface area (Å²) in [5, 5.41) is 8.60. The molecule has 0 aliphatic rings. The van der Waals surface area contributed by atoms with Gasteiger partial charge in [-0.3, -0.25) is 4.72 Å². The highest BCUT2D eigenvalue weighted by molar-refractivity contribution is 7.93. The zero-order valence-corrected chi connectivity index (χ0v) is 11.9. The number of carboxylic acid groups (broad SMARTS) is 1. The summed E-state index contributed by atoms with van der Waals surface area (Å²) in [5.41, 5.74) is -1.34. The van der Waals surface area contributed by atoms with E-state index in [0.29, 0.717) is 18.0 Å². The zero-order chi connectivity index (χ0) is 15.8. The van der Waals surface area contributed by atoms with Gasteiger partial charge in [0.2, 0.25) is 5.13 Å². The summed E-state index contributed by atoms with van der Waals surface area (Å²) in [6.45, 7) is 1.52. The van der Waals surface area contributed by atoms with Gasteiger partial charge in [0.1, 0.15) is 22.1 Å². The number of nitrogens with zero attached hydrogens (tertiary/aromatic N) is 2. The molecule has 0 saturated carbocycles. The van der Waals surface area contributed by atoms with Crippen LogP contribution in [0, 0.1) is 18.6 Å². The molecule has 2 N–H and O–H groups in total. The number of benzene rings is 1. The molecule has 0 atom stereocenters. The van der Waals surface area contributed by atoms with Gasteiger partial charge in [-0.25, -0.2) is 27.0 Å². The summed E-state index contributed by atoms with van der Waals surface area (Å²) < 4.78 is 56.8. The maximum absolute atomic E-state index is 13.9. The number of aryl methyl sites for hydroxylation is 1. The predicted octanol–water partition coefficient (Wildman–Crippen LogP) is 1.62. The molecule has 0 amide bonds. The Morgan fingerprint density at radius 3 is 2.57 bits per heavy atom.